The predicted octanol–water partition coefficient (Wildman–Crippen LogP) is 2.39. The van der Waals surface area contributed by atoms with E-state index in [1.165, 1.54) is 7.11 Å². The fourth-order valence-corrected chi connectivity index (χ4v) is 3.43. The van der Waals surface area contributed by atoms with Gasteiger partial charge in [-0.2, -0.15) is 0 Å². The predicted molar refractivity (Wildman–Crippen MR) is 113 cm³/mol. The number of esters is 1. The normalized spacial score (nSPS) is 15.0. The molecule has 1 aromatic carbocycles. The van der Waals surface area contributed by atoms with E-state index < -0.39 is 17.4 Å². The van der Waals surface area contributed by atoms with E-state index in [0.717, 1.165) is 12.0 Å². The van der Waals surface area contributed by atoms with Gasteiger partial charge in [-0.05, 0) is 37.1 Å². The lowest BCUT2D eigenvalue weighted by atomic mass is 9.61. The Morgan fingerprint density at radius 2 is 2.04 bits per heavy atom. The van der Waals surface area contributed by atoms with E-state index in [9.17, 15) is 9.59 Å². The van der Waals surface area contributed by atoms with Crippen LogP contribution in [0.5, 0.6) is 0 Å². The van der Waals surface area contributed by atoms with E-state index in [4.69, 9.17) is 10.6 Å². The van der Waals surface area contributed by atoms with Gasteiger partial charge >= 0.3 is 5.97 Å². The Bertz CT molecular complexity index is 627. The lowest BCUT2D eigenvalue weighted by molar-refractivity contribution is -0.147. The molecule has 0 spiro atoms. The third kappa shape index (κ3) is 6.50. The van der Waals surface area contributed by atoms with Gasteiger partial charge in [0.1, 0.15) is 6.04 Å². The number of nitrogens with two attached hydrogens (primary N) is 1. The van der Waals surface area contributed by atoms with Gasteiger partial charge in [0.25, 0.3) is 0 Å². The fourth-order valence-electron chi connectivity index (χ4n) is 3.43. The molecule has 0 saturated heterocycles. The standard InChI is InChI=1S/C21H33BN3O3/c1-5-14-21(15-22-25-23,16(3)6-2)20(27)24-18(19(26)28-4)13-12-17-10-8-7-9-11-17/h5,7-11,16,18,25H,1,6,12-15,23H2,2-4H3,(H,24,27)/t16?,18?,21-/m0/s1. The molecule has 1 radical (unpaired) electrons. The highest BCUT2D eigenvalue weighted by atomic mass is 16.5. The Balaban J connectivity index is 3.02. The van der Waals surface area contributed by atoms with Crippen LogP contribution in [-0.4, -0.2) is 32.4 Å². The number of rotatable bonds is 13. The minimum absolute atomic E-state index is 0.0718. The number of benzene rings is 1. The van der Waals surface area contributed by atoms with E-state index in [1.54, 1.807) is 13.5 Å². The highest BCUT2D eigenvalue weighted by Crippen LogP contribution is 2.38. The first-order valence-corrected chi connectivity index (χ1v) is 9.76. The van der Waals surface area contributed by atoms with Crippen molar-refractivity contribution in [1.29, 1.82) is 0 Å². The summed E-state index contributed by atoms with van der Waals surface area (Å²) in [4.78, 5) is 25.7. The van der Waals surface area contributed by atoms with Crippen LogP contribution in [0.4, 0.5) is 0 Å². The number of carbonyl (C=O) groups is 2. The molecule has 0 aliphatic heterocycles. The molecule has 3 atom stereocenters. The van der Waals surface area contributed by atoms with Crippen LogP contribution in [0.25, 0.3) is 0 Å². The molecule has 0 fully saturated rings. The molecule has 0 aliphatic rings. The summed E-state index contributed by atoms with van der Waals surface area (Å²) >= 11 is 0. The molecule has 1 amide bonds. The van der Waals surface area contributed by atoms with Gasteiger partial charge < -0.3 is 15.4 Å². The van der Waals surface area contributed by atoms with Crippen LogP contribution in [0.3, 0.4) is 0 Å². The zero-order valence-electron chi connectivity index (χ0n) is 17.2. The minimum Gasteiger partial charge on any atom is -0.467 e. The number of hydrazine groups is 1. The summed E-state index contributed by atoms with van der Waals surface area (Å²) in [5.41, 5.74) is 0.368. The lowest BCUT2D eigenvalue weighted by Crippen LogP contribution is -2.52. The molecule has 1 aromatic rings. The number of amides is 1. The molecule has 7 heteroatoms. The smallest absolute Gasteiger partial charge is 0.328 e. The summed E-state index contributed by atoms with van der Waals surface area (Å²) < 4.78 is 4.93. The summed E-state index contributed by atoms with van der Waals surface area (Å²) in [6.45, 7) is 7.89. The minimum atomic E-state index is -0.734. The van der Waals surface area contributed by atoms with E-state index in [0.29, 0.717) is 25.6 Å². The zero-order chi connectivity index (χ0) is 21.0. The Morgan fingerprint density at radius 3 is 2.57 bits per heavy atom. The molecule has 6 nitrogen and oxygen atoms in total. The second-order valence-corrected chi connectivity index (χ2v) is 7.11. The molecule has 4 N–H and O–H groups in total. The summed E-state index contributed by atoms with van der Waals surface area (Å²) in [7, 11) is 3.01. The maximum absolute atomic E-state index is 13.3. The van der Waals surface area contributed by atoms with E-state index >= 15 is 0 Å². The zero-order valence-corrected chi connectivity index (χ0v) is 17.2. The Hall–Kier alpha value is -2.12. The lowest BCUT2D eigenvalue weighted by Gasteiger charge is -2.38. The average molecular weight is 386 g/mol. The van der Waals surface area contributed by atoms with Crippen molar-refractivity contribution in [3.8, 4) is 0 Å². The maximum Gasteiger partial charge on any atom is 0.328 e. The number of hydrogen-bond acceptors (Lipinski definition) is 5. The number of methoxy groups -OCH3 is 1. The first-order valence-electron chi connectivity index (χ1n) is 9.76. The molecule has 28 heavy (non-hydrogen) atoms. The number of nitrogens with one attached hydrogen (secondary N) is 2. The third-order valence-electron chi connectivity index (χ3n) is 5.46. The first kappa shape index (κ1) is 23.9. The molecular weight excluding hydrogens is 353 g/mol. The summed E-state index contributed by atoms with van der Waals surface area (Å²) in [6.07, 6.45) is 4.60. The van der Waals surface area contributed by atoms with Crippen LogP contribution in [0.1, 0.15) is 38.7 Å². The van der Waals surface area contributed by atoms with Crippen molar-refractivity contribution < 1.29 is 14.3 Å². The number of allylic oxidation sites excluding steroid dienone is 1. The number of ether oxygens (including phenoxy) is 1. The Morgan fingerprint density at radius 1 is 1.36 bits per heavy atom. The van der Waals surface area contributed by atoms with Crippen LogP contribution in [0.2, 0.25) is 6.32 Å². The van der Waals surface area contributed by atoms with Crippen LogP contribution >= 0.6 is 0 Å². The molecule has 0 heterocycles. The van der Waals surface area contributed by atoms with Crippen LogP contribution < -0.4 is 16.5 Å². The van der Waals surface area contributed by atoms with Gasteiger partial charge in [0, 0.05) is 5.41 Å². The van der Waals surface area contributed by atoms with Crippen LogP contribution in [-0.2, 0) is 20.7 Å². The quantitative estimate of drug-likeness (QED) is 0.159. The van der Waals surface area contributed by atoms with Crippen molar-refractivity contribution in [2.24, 2.45) is 17.2 Å². The van der Waals surface area contributed by atoms with Gasteiger partial charge in [0.05, 0.1) is 7.11 Å². The van der Waals surface area contributed by atoms with Gasteiger partial charge in [0.2, 0.25) is 13.3 Å². The fraction of sp³-hybridized carbons (Fsp3) is 0.524. The number of hydrogen-bond donors (Lipinski definition) is 3. The Kier molecular flexibility index (Phi) is 10.6. The van der Waals surface area contributed by atoms with Crippen molar-refractivity contribution in [1.82, 2.24) is 10.7 Å². The van der Waals surface area contributed by atoms with E-state index in [-0.39, 0.29) is 11.8 Å². The third-order valence-corrected chi connectivity index (χ3v) is 5.46. The van der Waals surface area contributed by atoms with Gasteiger partial charge in [-0.3, -0.25) is 10.6 Å². The SMILES string of the molecule is C=CC[C@@](C[B]NN)(C(=O)NC(CCc1ccccc1)C(=O)OC)C(C)CC. The monoisotopic (exact) mass is 386 g/mol. The topological polar surface area (TPSA) is 93.5 Å². The summed E-state index contributed by atoms with van der Waals surface area (Å²) in [6, 6.07) is 9.14. The van der Waals surface area contributed by atoms with Crippen LogP contribution in [0.15, 0.2) is 43.0 Å². The van der Waals surface area contributed by atoms with Gasteiger partial charge in [0.15, 0.2) is 0 Å². The van der Waals surface area contributed by atoms with Crippen molar-refractivity contribution in [2.45, 2.75) is 51.9 Å². The second kappa shape index (κ2) is 12.4. The highest BCUT2D eigenvalue weighted by molar-refractivity contribution is 6.33. The van der Waals surface area contributed by atoms with Crippen molar-refractivity contribution in [3.63, 3.8) is 0 Å². The molecule has 2 unspecified atom stereocenters. The molecule has 0 aliphatic carbocycles. The Labute approximate surface area is 169 Å². The second-order valence-electron chi connectivity index (χ2n) is 7.11. The molecule has 0 aromatic heterocycles. The van der Waals surface area contributed by atoms with Gasteiger partial charge in [-0.15, -0.1) is 6.58 Å². The largest absolute Gasteiger partial charge is 0.467 e. The van der Waals surface area contributed by atoms with Gasteiger partial charge in [-0.1, -0.05) is 56.7 Å². The van der Waals surface area contributed by atoms with Gasteiger partial charge in [-0.25, -0.2) is 4.79 Å². The summed E-state index contributed by atoms with van der Waals surface area (Å²) in [5.74, 6) is 4.86. The van der Waals surface area contributed by atoms with E-state index in [2.05, 4.69) is 17.2 Å². The number of aryl methyl sites for hydroxylation is 1. The van der Waals surface area contributed by atoms with E-state index in [1.807, 2.05) is 44.2 Å². The molecule has 0 saturated carbocycles. The number of carbonyl (C=O) groups excluding carboxylic acids is 2. The van der Waals surface area contributed by atoms with Crippen LogP contribution in [0, 0.1) is 11.3 Å². The molecule has 1 rings (SSSR count). The van der Waals surface area contributed by atoms with Crippen molar-refractivity contribution in [2.75, 3.05) is 7.11 Å². The van der Waals surface area contributed by atoms with Crippen molar-refractivity contribution in [3.05, 3.63) is 48.6 Å². The maximum atomic E-state index is 13.3. The highest BCUT2D eigenvalue weighted by Gasteiger charge is 2.42. The first-order chi connectivity index (χ1) is 13.4. The molecule has 153 valence electrons. The molecular formula is C21H33BN3O3. The molecule has 0 bridgehead atoms. The average Bonchev–Trinajstić information content (AvgIpc) is 2.73. The van der Waals surface area contributed by atoms with Crippen molar-refractivity contribution >= 4 is 19.3 Å². The summed E-state index contributed by atoms with van der Waals surface area (Å²) in [5, 5.41) is 5.46.